The molecule has 0 heterocycles. The van der Waals surface area contributed by atoms with Crippen molar-refractivity contribution in [3.05, 3.63) is 54.6 Å². The summed E-state index contributed by atoms with van der Waals surface area (Å²) in [5.41, 5.74) is 0.468. The first-order valence-corrected chi connectivity index (χ1v) is 6.68. The predicted molar refractivity (Wildman–Crippen MR) is 82.2 cm³/mol. The van der Waals surface area contributed by atoms with Crippen LogP contribution in [-0.2, 0) is 4.79 Å². The minimum absolute atomic E-state index is 0.466. The number of para-hydroxylation sites is 3. The summed E-state index contributed by atoms with van der Waals surface area (Å²) in [6.45, 7) is 1.46. The van der Waals surface area contributed by atoms with Crippen LogP contribution in [0.1, 0.15) is 6.92 Å². The van der Waals surface area contributed by atoms with Crippen LogP contribution >= 0.6 is 0 Å². The van der Waals surface area contributed by atoms with Gasteiger partial charge in [-0.25, -0.2) is 4.79 Å². The molecule has 2 rings (SSSR count). The predicted octanol–water partition coefficient (Wildman–Crippen LogP) is 3.07. The third-order valence-electron chi connectivity index (χ3n) is 2.85. The highest BCUT2D eigenvalue weighted by Gasteiger charge is 2.16. The van der Waals surface area contributed by atoms with Gasteiger partial charge in [0.25, 0.3) is 0 Å². The van der Waals surface area contributed by atoms with Gasteiger partial charge >= 0.3 is 6.09 Å². The van der Waals surface area contributed by atoms with Crippen molar-refractivity contribution < 1.29 is 19.4 Å². The van der Waals surface area contributed by atoms with Gasteiger partial charge in [0, 0.05) is 0 Å². The Balaban J connectivity index is 2.11. The summed E-state index contributed by atoms with van der Waals surface area (Å²) >= 11 is 0. The first-order valence-electron chi connectivity index (χ1n) is 6.68. The molecule has 0 aliphatic carbocycles. The van der Waals surface area contributed by atoms with Gasteiger partial charge in [-0.15, -0.1) is 0 Å². The van der Waals surface area contributed by atoms with Gasteiger partial charge in [0.05, 0.1) is 5.69 Å². The Morgan fingerprint density at radius 2 is 1.68 bits per heavy atom. The quantitative estimate of drug-likeness (QED) is 0.792. The van der Waals surface area contributed by atoms with Gasteiger partial charge in [-0.05, 0) is 31.2 Å². The van der Waals surface area contributed by atoms with Crippen LogP contribution in [0.5, 0.6) is 11.5 Å². The number of nitrogens with one attached hydrogen (secondary N) is 2. The second kappa shape index (κ2) is 7.12. The molecule has 0 bridgehead atoms. The fourth-order valence-corrected chi connectivity index (χ4v) is 1.77. The SMILES string of the molecule is CC(NC(=O)O)C(=O)Nc1ccccc1Oc1ccccc1. The van der Waals surface area contributed by atoms with Crippen LogP contribution in [-0.4, -0.2) is 23.1 Å². The van der Waals surface area contributed by atoms with Gasteiger partial charge in [0.2, 0.25) is 5.91 Å². The largest absolute Gasteiger partial charge is 0.465 e. The van der Waals surface area contributed by atoms with Crippen molar-refractivity contribution in [3.8, 4) is 11.5 Å². The second-order valence-electron chi connectivity index (χ2n) is 4.57. The van der Waals surface area contributed by atoms with E-state index >= 15 is 0 Å². The number of benzene rings is 2. The van der Waals surface area contributed by atoms with E-state index in [9.17, 15) is 9.59 Å². The maximum absolute atomic E-state index is 12.0. The average Bonchev–Trinajstić information content (AvgIpc) is 2.49. The third-order valence-corrected chi connectivity index (χ3v) is 2.85. The van der Waals surface area contributed by atoms with Crippen LogP contribution in [0, 0.1) is 0 Å². The molecule has 2 aromatic rings. The van der Waals surface area contributed by atoms with Crippen molar-refractivity contribution in [2.75, 3.05) is 5.32 Å². The number of carbonyl (C=O) groups excluding carboxylic acids is 1. The van der Waals surface area contributed by atoms with Crippen molar-refractivity contribution in [1.29, 1.82) is 0 Å². The molecule has 2 amide bonds. The molecule has 6 nitrogen and oxygen atoms in total. The molecule has 0 radical (unpaired) electrons. The molecule has 1 unspecified atom stereocenters. The Morgan fingerprint density at radius 3 is 2.36 bits per heavy atom. The van der Waals surface area contributed by atoms with Crippen molar-refractivity contribution in [1.82, 2.24) is 5.32 Å². The van der Waals surface area contributed by atoms with Crippen molar-refractivity contribution in [2.45, 2.75) is 13.0 Å². The van der Waals surface area contributed by atoms with E-state index in [4.69, 9.17) is 9.84 Å². The highest BCUT2D eigenvalue weighted by molar-refractivity contribution is 5.97. The molecule has 3 N–H and O–H groups in total. The molecule has 0 aromatic heterocycles. The molecule has 22 heavy (non-hydrogen) atoms. The first-order chi connectivity index (χ1) is 10.6. The van der Waals surface area contributed by atoms with Gasteiger partial charge in [0.1, 0.15) is 11.8 Å². The zero-order valence-corrected chi connectivity index (χ0v) is 11.9. The van der Waals surface area contributed by atoms with E-state index in [1.165, 1.54) is 6.92 Å². The molecule has 0 fully saturated rings. The van der Waals surface area contributed by atoms with Crippen molar-refractivity contribution in [2.24, 2.45) is 0 Å². The molecule has 0 spiro atoms. The van der Waals surface area contributed by atoms with Crippen LogP contribution in [0.25, 0.3) is 0 Å². The number of hydrogen-bond donors (Lipinski definition) is 3. The molecule has 0 aliphatic rings. The van der Waals surface area contributed by atoms with Gasteiger partial charge < -0.3 is 20.5 Å². The smallest absolute Gasteiger partial charge is 0.405 e. The molecule has 2 aromatic carbocycles. The van der Waals surface area contributed by atoms with Crippen molar-refractivity contribution in [3.63, 3.8) is 0 Å². The van der Waals surface area contributed by atoms with E-state index in [0.717, 1.165) is 0 Å². The molecule has 6 heteroatoms. The lowest BCUT2D eigenvalue weighted by Gasteiger charge is -2.15. The van der Waals surface area contributed by atoms with E-state index < -0.39 is 18.0 Å². The fourth-order valence-electron chi connectivity index (χ4n) is 1.77. The van der Waals surface area contributed by atoms with E-state index in [1.54, 1.807) is 36.4 Å². The lowest BCUT2D eigenvalue weighted by Crippen LogP contribution is -2.40. The van der Waals surface area contributed by atoms with Crippen LogP contribution in [0.15, 0.2) is 54.6 Å². The summed E-state index contributed by atoms with van der Waals surface area (Å²) in [5, 5.41) is 13.4. The van der Waals surface area contributed by atoms with Gasteiger partial charge in [-0.1, -0.05) is 30.3 Å². The monoisotopic (exact) mass is 300 g/mol. The number of ether oxygens (including phenoxy) is 1. The summed E-state index contributed by atoms with van der Waals surface area (Å²) in [5.74, 6) is 0.650. The van der Waals surface area contributed by atoms with Gasteiger partial charge in [0.15, 0.2) is 5.75 Å². The minimum atomic E-state index is -1.25. The van der Waals surface area contributed by atoms with Crippen LogP contribution < -0.4 is 15.4 Å². The van der Waals surface area contributed by atoms with E-state index in [1.807, 2.05) is 18.2 Å². The molecule has 114 valence electrons. The highest BCUT2D eigenvalue weighted by Crippen LogP contribution is 2.29. The Hall–Kier alpha value is -3.02. The Kier molecular flexibility index (Phi) is 4.98. The number of rotatable bonds is 5. The van der Waals surface area contributed by atoms with E-state index in [-0.39, 0.29) is 0 Å². The Bertz CT molecular complexity index is 658. The summed E-state index contributed by atoms with van der Waals surface area (Å²) in [6, 6.07) is 15.2. The number of amides is 2. The molecule has 0 saturated carbocycles. The topological polar surface area (TPSA) is 87.7 Å². The number of hydrogen-bond acceptors (Lipinski definition) is 3. The zero-order valence-electron chi connectivity index (χ0n) is 11.9. The van der Waals surface area contributed by atoms with E-state index in [2.05, 4.69) is 10.6 Å². The summed E-state index contributed by atoms with van der Waals surface area (Å²) in [7, 11) is 0. The molecule has 0 aliphatic heterocycles. The molecular formula is C16H16N2O4. The normalized spacial score (nSPS) is 11.3. The number of carbonyl (C=O) groups is 2. The fraction of sp³-hybridized carbons (Fsp3) is 0.125. The molecule has 1 atom stereocenters. The number of anilines is 1. The third kappa shape index (κ3) is 4.24. The maximum atomic E-state index is 12.0. The standard InChI is InChI=1S/C16H16N2O4/c1-11(17-16(20)21)15(19)18-13-9-5-6-10-14(13)22-12-7-3-2-4-8-12/h2-11,17H,1H3,(H,18,19)(H,20,21). The Morgan fingerprint density at radius 1 is 1.05 bits per heavy atom. The molecule has 0 saturated heterocycles. The zero-order chi connectivity index (χ0) is 15.9. The lowest BCUT2D eigenvalue weighted by molar-refractivity contribution is -0.117. The van der Waals surface area contributed by atoms with Crippen molar-refractivity contribution >= 4 is 17.7 Å². The second-order valence-corrected chi connectivity index (χ2v) is 4.57. The first kappa shape index (κ1) is 15.4. The summed E-state index contributed by atoms with van der Waals surface area (Å²) in [6.07, 6.45) is -1.25. The molecular weight excluding hydrogens is 284 g/mol. The number of carboxylic acid groups (broad SMARTS) is 1. The van der Waals surface area contributed by atoms with Crippen LogP contribution in [0.3, 0.4) is 0 Å². The maximum Gasteiger partial charge on any atom is 0.405 e. The minimum Gasteiger partial charge on any atom is -0.465 e. The van der Waals surface area contributed by atoms with Crippen LogP contribution in [0.2, 0.25) is 0 Å². The van der Waals surface area contributed by atoms with Gasteiger partial charge in [-0.3, -0.25) is 4.79 Å². The van der Waals surface area contributed by atoms with Gasteiger partial charge in [-0.2, -0.15) is 0 Å². The van der Waals surface area contributed by atoms with Crippen LogP contribution in [0.4, 0.5) is 10.5 Å². The lowest BCUT2D eigenvalue weighted by atomic mass is 10.2. The summed E-state index contributed by atoms with van der Waals surface area (Å²) < 4.78 is 5.72. The summed E-state index contributed by atoms with van der Waals surface area (Å²) in [4.78, 5) is 22.5. The Labute approximate surface area is 127 Å². The highest BCUT2D eigenvalue weighted by atomic mass is 16.5. The van der Waals surface area contributed by atoms with E-state index in [0.29, 0.717) is 17.2 Å². The average molecular weight is 300 g/mol.